The molecule has 3 aromatic rings. The molecule has 4 nitrogen and oxygen atoms in total. The largest absolute Gasteiger partial charge is 0.465 e. The van der Waals surface area contributed by atoms with E-state index in [0.717, 1.165) is 5.39 Å². The first-order valence-electron chi connectivity index (χ1n) is 6.01. The molecule has 0 radical (unpaired) electrons. The zero-order valence-electron chi connectivity index (χ0n) is 10.7. The molecule has 20 heavy (non-hydrogen) atoms. The lowest BCUT2D eigenvalue weighted by atomic mass is 10.00. The van der Waals surface area contributed by atoms with Crippen LogP contribution in [-0.4, -0.2) is 23.3 Å². The number of aromatic nitrogens is 2. The van der Waals surface area contributed by atoms with Gasteiger partial charge in [0.1, 0.15) is 5.82 Å². The van der Waals surface area contributed by atoms with Gasteiger partial charge >= 0.3 is 5.97 Å². The number of aromatic amines is 1. The second kappa shape index (κ2) is 4.77. The molecule has 1 N–H and O–H groups in total. The third-order valence-electron chi connectivity index (χ3n) is 3.14. The Kier molecular flexibility index (Phi) is 2.95. The Morgan fingerprint density at radius 3 is 2.85 bits per heavy atom. The van der Waals surface area contributed by atoms with Crippen LogP contribution in [0.15, 0.2) is 42.6 Å². The molecule has 2 aromatic carbocycles. The highest BCUT2D eigenvalue weighted by Crippen LogP contribution is 2.28. The van der Waals surface area contributed by atoms with Gasteiger partial charge in [-0.25, -0.2) is 9.18 Å². The Morgan fingerprint density at radius 2 is 2.10 bits per heavy atom. The molecule has 1 aromatic heterocycles. The van der Waals surface area contributed by atoms with Gasteiger partial charge in [-0.2, -0.15) is 5.10 Å². The van der Waals surface area contributed by atoms with Crippen LogP contribution in [-0.2, 0) is 4.74 Å². The number of hydrogen-bond acceptors (Lipinski definition) is 3. The number of nitrogens with zero attached hydrogens (tertiary/aromatic N) is 1. The van der Waals surface area contributed by atoms with Crippen molar-refractivity contribution in [2.45, 2.75) is 0 Å². The number of carbonyl (C=O) groups is 1. The molecule has 3 rings (SSSR count). The second-order valence-corrected chi connectivity index (χ2v) is 4.33. The Bertz CT molecular complexity index is 795. The van der Waals surface area contributed by atoms with Crippen LogP contribution >= 0.6 is 0 Å². The summed E-state index contributed by atoms with van der Waals surface area (Å²) in [6.45, 7) is 0. The molecule has 0 bridgehead atoms. The van der Waals surface area contributed by atoms with E-state index >= 15 is 0 Å². The fraction of sp³-hybridized carbons (Fsp3) is 0.0667. The van der Waals surface area contributed by atoms with Crippen molar-refractivity contribution in [1.82, 2.24) is 10.2 Å². The van der Waals surface area contributed by atoms with Gasteiger partial charge in [0, 0.05) is 10.9 Å². The highest BCUT2D eigenvalue weighted by Gasteiger charge is 2.15. The van der Waals surface area contributed by atoms with Crippen molar-refractivity contribution < 1.29 is 13.9 Å². The first-order chi connectivity index (χ1) is 9.70. The van der Waals surface area contributed by atoms with Crippen molar-refractivity contribution in [1.29, 1.82) is 0 Å². The molecule has 0 atom stereocenters. The third kappa shape index (κ3) is 1.93. The minimum atomic E-state index is -0.488. The predicted molar refractivity (Wildman–Crippen MR) is 72.8 cm³/mol. The molecule has 0 aliphatic rings. The van der Waals surface area contributed by atoms with Gasteiger partial charge in [-0.15, -0.1) is 0 Å². The summed E-state index contributed by atoms with van der Waals surface area (Å²) in [5.74, 6) is -0.830. The van der Waals surface area contributed by atoms with Gasteiger partial charge in [-0.1, -0.05) is 18.2 Å². The summed E-state index contributed by atoms with van der Waals surface area (Å²) in [4.78, 5) is 11.8. The lowest BCUT2D eigenvalue weighted by molar-refractivity contribution is 0.0603. The summed E-state index contributed by atoms with van der Waals surface area (Å²) in [5.41, 5.74) is 1.95. The summed E-state index contributed by atoms with van der Waals surface area (Å²) in [5, 5.41) is 7.39. The van der Waals surface area contributed by atoms with Crippen LogP contribution in [0.4, 0.5) is 4.39 Å². The van der Waals surface area contributed by atoms with Crippen molar-refractivity contribution in [3.63, 3.8) is 0 Å². The SMILES string of the molecule is COC(=O)c1cc(-c2ccccc2F)cc2cn[nH]c12. The number of methoxy groups -OCH3 is 1. The number of benzene rings is 2. The molecule has 0 saturated heterocycles. The lowest BCUT2D eigenvalue weighted by Gasteiger charge is -2.07. The number of nitrogens with one attached hydrogen (secondary N) is 1. The minimum Gasteiger partial charge on any atom is -0.465 e. The van der Waals surface area contributed by atoms with Gasteiger partial charge in [0.05, 0.1) is 24.4 Å². The van der Waals surface area contributed by atoms with E-state index in [-0.39, 0.29) is 5.82 Å². The summed E-state index contributed by atoms with van der Waals surface area (Å²) >= 11 is 0. The molecule has 0 amide bonds. The monoisotopic (exact) mass is 270 g/mol. The maximum absolute atomic E-state index is 13.9. The average Bonchev–Trinajstić information content (AvgIpc) is 2.94. The molecule has 1 heterocycles. The molecule has 0 fully saturated rings. The number of fused-ring (bicyclic) bond motifs is 1. The fourth-order valence-electron chi connectivity index (χ4n) is 2.18. The third-order valence-corrected chi connectivity index (χ3v) is 3.14. The van der Waals surface area contributed by atoms with Crippen LogP contribution in [0.3, 0.4) is 0 Å². The van der Waals surface area contributed by atoms with E-state index in [1.807, 2.05) is 0 Å². The second-order valence-electron chi connectivity index (χ2n) is 4.33. The zero-order chi connectivity index (χ0) is 14.1. The van der Waals surface area contributed by atoms with Gasteiger partial charge in [0.2, 0.25) is 0 Å². The van der Waals surface area contributed by atoms with Gasteiger partial charge in [0.25, 0.3) is 0 Å². The summed E-state index contributed by atoms with van der Waals surface area (Å²) in [6, 6.07) is 9.80. The summed E-state index contributed by atoms with van der Waals surface area (Å²) < 4.78 is 18.6. The fourth-order valence-corrected chi connectivity index (χ4v) is 2.18. The number of hydrogen-bond donors (Lipinski definition) is 1. The van der Waals surface area contributed by atoms with Gasteiger partial charge < -0.3 is 4.74 Å². The van der Waals surface area contributed by atoms with E-state index in [9.17, 15) is 9.18 Å². The Labute approximate surface area is 114 Å². The minimum absolute atomic E-state index is 0.334. The van der Waals surface area contributed by atoms with E-state index in [0.29, 0.717) is 22.2 Å². The van der Waals surface area contributed by atoms with Crippen LogP contribution in [0.2, 0.25) is 0 Å². The Balaban J connectivity index is 2.28. The molecule has 0 unspecified atom stereocenters. The first kappa shape index (κ1) is 12.3. The number of esters is 1. The van der Waals surface area contributed by atoms with E-state index < -0.39 is 5.97 Å². The molecule has 100 valence electrons. The molecular weight excluding hydrogens is 259 g/mol. The van der Waals surface area contributed by atoms with E-state index in [2.05, 4.69) is 10.2 Å². The summed E-state index contributed by atoms with van der Waals surface area (Å²) in [6.07, 6.45) is 1.59. The van der Waals surface area contributed by atoms with Gasteiger partial charge in [-0.3, -0.25) is 5.10 Å². The van der Waals surface area contributed by atoms with Crippen LogP contribution < -0.4 is 0 Å². The number of carbonyl (C=O) groups excluding carboxylic acids is 1. The van der Waals surface area contributed by atoms with Crippen molar-refractivity contribution in [3.05, 3.63) is 54.0 Å². The predicted octanol–water partition coefficient (Wildman–Crippen LogP) is 3.16. The van der Waals surface area contributed by atoms with E-state index in [1.165, 1.54) is 13.2 Å². The van der Waals surface area contributed by atoms with E-state index in [1.54, 1.807) is 36.5 Å². The van der Waals surface area contributed by atoms with Gasteiger partial charge in [0.15, 0.2) is 0 Å². The maximum atomic E-state index is 13.9. The quantitative estimate of drug-likeness (QED) is 0.728. The molecular formula is C15H11FN2O2. The highest BCUT2D eigenvalue weighted by molar-refractivity contribution is 6.04. The van der Waals surface area contributed by atoms with Crippen LogP contribution in [0, 0.1) is 5.82 Å². The Morgan fingerprint density at radius 1 is 1.30 bits per heavy atom. The molecule has 0 saturated carbocycles. The molecule has 0 spiro atoms. The van der Waals surface area contributed by atoms with Gasteiger partial charge in [-0.05, 0) is 23.8 Å². The molecule has 5 heteroatoms. The molecule has 0 aliphatic carbocycles. The van der Waals surface area contributed by atoms with Crippen LogP contribution in [0.5, 0.6) is 0 Å². The first-order valence-corrected chi connectivity index (χ1v) is 6.01. The smallest absolute Gasteiger partial charge is 0.340 e. The topological polar surface area (TPSA) is 55.0 Å². The standard InChI is InChI=1S/C15H11FN2O2/c1-20-15(19)12-7-9(6-10-8-17-18-14(10)12)11-4-2-3-5-13(11)16/h2-8H,1H3,(H,17,18). The van der Waals surface area contributed by atoms with Crippen molar-refractivity contribution in [3.8, 4) is 11.1 Å². The molecule has 0 aliphatic heterocycles. The van der Waals surface area contributed by atoms with Crippen molar-refractivity contribution in [2.24, 2.45) is 0 Å². The number of rotatable bonds is 2. The van der Waals surface area contributed by atoms with Crippen molar-refractivity contribution >= 4 is 16.9 Å². The van der Waals surface area contributed by atoms with Crippen LogP contribution in [0.1, 0.15) is 10.4 Å². The number of H-pyrrole nitrogens is 1. The van der Waals surface area contributed by atoms with Crippen LogP contribution in [0.25, 0.3) is 22.0 Å². The van der Waals surface area contributed by atoms with E-state index in [4.69, 9.17) is 4.74 Å². The summed E-state index contributed by atoms with van der Waals surface area (Å²) in [7, 11) is 1.31. The number of ether oxygens (including phenoxy) is 1. The normalized spacial score (nSPS) is 10.7. The number of halogens is 1. The zero-order valence-corrected chi connectivity index (χ0v) is 10.7. The maximum Gasteiger partial charge on any atom is 0.340 e. The highest BCUT2D eigenvalue weighted by atomic mass is 19.1. The Hall–Kier alpha value is -2.69. The van der Waals surface area contributed by atoms with Crippen molar-refractivity contribution in [2.75, 3.05) is 7.11 Å². The lowest BCUT2D eigenvalue weighted by Crippen LogP contribution is -2.02. The average molecular weight is 270 g/mol.